The van der Waals surface area contributed by atoms with Gasteiger partial charge in [-0.3, -0.25) is 0 Å². The molecule has 0 aliphatic carbocycles. The third kappa shape index (κ3) is 5.76. The molecular formula is C40H31N2S+. The Labute approximate surface area is 256 Å². The lowest BCUT2D eigenvalue weighted by atomic mass is 9.97. The van der Waals surface area contributed by atoms with Crippen LogP contribution in [0.25, 0.3) is 50.3 Å². The van der Waals surface area contributed by atoms with E-state index >= 15 is 0 Å². The smallest absolute Gasteiger partial charge is 0.189 e. The largest absolute Gasteiger partial charge is 0.234 e. The van der Waals surface area contributed by atoms with E-state index in [1.807, 2.05) is 0 Å². The summed E-state index contributed by atoms with van der Waals surface area (Å²) in [6, 6.07) is 60.6. The van der Waals surface area contributed by atoms with E-state index in [0.717, 1.165) is 28.9 Å². The van der Waals surface area contributed by atoms with E-state index in [2.05, 4.69) is 178 Å². The van der Waals surface area contributed by atoms with Crippen molar-refractivity contribution in [1.82, 2.24) is 3.79 Å². The molecule has 0 fully saturated rings. The Morgan fingerprint density at radius 2 is 0.977 bits per heavy atom. The number of hydrogen-bond donors (Lipinski definition) is 0. The Morgan fingerprint density at radius 3 is 1.58 bits per heavy atom. The van der Waals surface area contributed by atoms with Crippen LogP contribution in [-0.2, 0) is 6.42 Å². The molecule has 0 saturated heterocycles. The summed E-state index contributed by atoms with van der Waals surface area (Å²) in [6.45, 7) is 0. The van der Waals surface area contributed by atoms with Gasteiger partial charge in [-0.05, 0) is 40.5 Å². The number of nitrogens with zero attached hydrogens (tertiary/aromatic N) is 1. The zero-order valence-electron chi connectivity index (χ0n) is 23.7. The molecule has 0 aliphatic rings. The van der Waals surface area contributed by atoms with Crippen molar-refractivity contribution in [2.45, 2.75) is 6.42 Å². The van der Waals surface area contributed by atoms with Crippen molar-refractivity contribution in [3.8, 4) is 44.8 Å². The van der Waals surface area contributed by atoms with Crippen LogP contribution >= 0.6 is 11.7 Å². The van der Waals surface area contributed by atoms with E-state index in [9.17, 15) is 0 Å². The molecule has 3 heteroatoms. The normalized spacial score (nSPS) is 10.9. The van der Waals surface area contributed by atoms with Gasteiger partial charge in [0.15, 0.2) is 11.2 Å². The molecule has 7 rings (SSSR count). The predicted molar refractivity (Wildman–Crippen MR) is 180 cm³/mol. The number of aromatic nitrogens is 2. The van der Waals surface area contributed by atoms with Crippen LogP contribution in [0, 0.1) is 0 Å². The van der Waals surface area contributed by atoms with Crippen LogP contribution in [0.5, 0.6) is 0 Å². The number of hydrogen-bond acceptors (Lipinski definition) is 1. The van der Waals surface area contributed by atoms with Crippen molar-refractivity contribution in [1.29, 1.82) is 0 Å². The van der Waals surface area contributed by atoms with E-state index < -0.39 is 0 Å². The maximum atomic E-state index is 3.78. The van der Waals surface area contributed by atoms with Gasteiger partial charge in [0.2, 0.25) is 11.7 Å². The van der Waals surface area contributed by atoms with Gasteiger partial charge in [0.1, 0.15) is 5.69 Å². The second kappa shape index (κ2) is 12.3. The van der Waals surface area contributed by atoms with Gasteiger partial charge in [0.05, 0.1) is 0 Å². The molecule has 2 nitrogen and oxygen atoms in total. The lowest BCUT2D eigenvalue weighted by Gasteiger charge is -2.06. The van der Waals surface area contributed by atoms with Gasteiger partial charge in [-0.25, -0.2) is 0 Å². The third-order valence-corrected chi connectivity index (χ3v) is 8.60. The van der Waals surface area contributed by atoms with E-state index in [-0.39, 0.29) is 0 Å². The van der Waals surface area contributed by atoms with Crippen molar-refractivity contribution in [3.63, 3.8) is 0 Å². The zero-order valence-corrected chi connectivity index (χ0v) is 24.5. The fraction of sp³-hybridized carbons (Fsp3) is 0.0250. The van der Waals surface area contributed by atoms with Crippen LogP contribution in [0.15, 0.2) is 170 Å². The fourth-order valence-electron chi connectivity index (χ4n) is 5.62. The van der Waals surface area contributed by atoms with Crippen LogP contribution < -0.4 is 4.37 Å². The number of aromatic amines is 1. The summed E-state index contributed by atoms with van der Waals surface area (Å²) >= 11 is 1.63. The van der Waals surface area contributed by atoms with Crippen LogP contribution in [-0.4, -0.2) is 3.79 Å². The van der Waals surface area contributed by atoms with E-state index in [4.69, 9.17) is 0 Å². The molecule has 0 saturated carbocycles. The summed E-state index contributed by atoms with van der Waals surface area (Å²) in [4.78, 5) is 0. The first-order chi connectivity index (χ1) is 21.3. The van der Waals surface area contributed by atoms with Crippen LogP contribution in [0.2, 0.25) is 0 Å². The van der Waals surface area contributed by atoms with E-state index in [0.29, 0.717) is 0 Å². The molecule has 1 N–H and O–H groups in total. The number of nitrogens with one attached hydrogen (secondary N) is 1. The quantitative estimate of drug-likeness (QED) is 0.189. The molecule has 2 heterocycles. The minimum Gasteiger partial charge on any atom is -0.189 e. The molecule has 0 atom stereocenters. The first kappa shape index (κ1) is 26.6. The standard InChI is InChI=1S/C40H30N2S/c1-6-16-30(17-7-1)26-36-27-35(31-18-8-2-9-19-31)28-38(33-22-12-4-13-23-33)41-43-42-39(34-24-14-5-15-25-34)29-37(40(36)42)32-20-10-3-11-21-32/h1-25,27-29H,26H2/p+1. The van der Waals surface area contributed by atoms with Gasteiger partial charge < -0.3 is 0 Å². The summed E-state index contributed by atoms with van der Waals surface area (Å²) in [7, 11) is 0. The van der Waals surface area contributed by atoms with Gasteiger partial charge >= 0.3 is 0 Å². The van der Waals surface area contributed by atoms with E-state index in [1.54, 1.807) is 11.7 Å². The summed E-state index contributed by atoms with van der Waals surface area (Å²) in [6.07, 6.45) is 0.796. The Balaban J connectivity index is 1.65. The topological polar surface area (TPSA) is 18.6 Å². The van der Waals surface area contributed by atoms with Crippen molar-refractivity contribution < 1.29 is 4.37 Å². The van der Waals surface area contributed by atoms with Gasteiger partial charge in [0.25, 0.3) is 0 Å². The highest BCUT2D eigenvalue weighted by atomic mass is 32.1. The molecule has 0 amide bonds. The van der Waals surface area contributed by atoms with Crippen molar-refractivity contribution in [3.05, 3.63) is 181 Å². The second-order valence-corrected chi connectivity index (χ2v) is 11.3. The molecule has 0 aliphatic heterocycles. The highest BCUT2D eigenvalue weighted by Crippen LogP contribution is 2.37. The molecule has 7 aromatic rings. The highest BCUT2D eigenvalue weighted by Gasteiger charge is 2.21. The molecule has 206 valence electrons. The Bertz CT molecular complexity index is 2010. The van der Waals surface area contributed by atoms with Crippen molar-refractivity contribution in [2.75, 3.05) is 0 Å². The van der Waals surface area contributed by atoms with E-state index in [1.165, 1.54) is 38.9 Å². The SMILES string of the molecule is c1ccc(Cc2cc(-c3ccccc3)cc(-c3ccccc3)[nH+]sn3c(-c4ccccc4)cc(-c4ccccc4)c23)cc1. The minimum atomic E-state index is 0.796. The molecule has 5 aromatic carbocycles. The van der Waals surface area contributed by atoms with Crippen LogP contribution in [0.3, 0.4) is 0 Å². The Hall–Kier alpha value is -5.25. The first-order valence-electron chi connectivity index (χ1n) is 14.6. The molecule has 0 unspecified atom stereocenters. The number of fused-ring (bicyclic) bond motifs is 1. The minimum absolute atomic E-state index is 0.796. The fourth-order valence-corrected chi connectivity index (χ4v) is 6.55. The van der Waals surface area contributed by atoms with Gasteiger partial charge in [-0.1, -0.05) is 152 Å². The summed E-state index contributed by atoms with van der Waals surface area (Å²) < 4.78 is 6.17. The van der Waals surface area contributed by atoms with Crippen molar-refractivity contribution >= 4 is 17.2 Å². The predicted octanol–water partition coefficient (Wildman–Crippen LogP) is 10.2. The zero-order chi connectivity index (χ0) is 28.8. The lowest BCUT2D eigenvalue weighted by molar-refractivity contribution is -0.279. The number of rotatable bonds is 6. The Kier molecular flexibility index (Phi) is 7.63. The van der Waals surface area contributed by atoms with Crippen LogP contribution in [0.1, 0.15) is 11.1 Å². The summed E-state index contributed by atoms with van der Waals surface area (Å²) in [5.74, 6) is 0. The van der Waals surface area contributed by atoms with Gasteiger partial charge in [-0.15, -0.1) is 3.79 Å². The molecular weight excluding hydrogens is 541 g/mol. The third-order valence-electron chi connectivity index (χ3n) is 7.72. The maximum Gasteiger partial charge on any atom is 0.234 e. The highest BCUT2D eigenvalue weighted by molar-refractivity contribution is 6.95. The number of H-pyrrole nitrogens is 1. The maximum absolute atomic E-state index is 3.78. The monoisotopic (exact) mass is 571 g/mol. The number of benzene rings is 5. The first-order valence-corrected chi connectivity index (χ1v) is 15.3. The average Bonchev–Trinajstić information content (AvgIpc) is 3.49. The van der Waals surface area contributed by atoms with Crippen molar-refractivity contribution in [2.24, 2.45) is 0 Å². The van der Waals surface area contributed by atoms with Gasteiger partial charge in [0, 0.05) is 28.7 Å². The lowest BCUT2D eigenvalue weighted by Crippen LogP contribution is -2.02. The summed E-state index contributed by atoms with van der Waals surface area (Å²) in [5, 5.41) is 0. The molecule has 0 radical (unpaired) electrons. The van der Waals surface area contributed by atoms with Gasteiger partial charge in [-0.2, -0.15) is 4.37 Å². The molecule has 0 spiro atoms. The average molecular weight is 572 g/mol. The Morgan fingerprint density at radius 1 is 0.465 bits per heavy atom. The second-order valence-electron chi connectivity index (χ2n) is 10.6. The molecule has 2 aromatic heterocycles. The van der Waals surface area contributed by atoms with Crippen LogP contribution in [0.4, 0.5) is 0 Å². The summed E-state index contributed by atoms with van der Waals surface area (Å²) in [5.41, 5.74) is 13.0. The molecule has 43 heavy (non-hydrogen) atoms. The molecule has 0 bridgehead atoms.